The number of aliphatic imine (C=N–C) groups is 2. The first kappa shape index (κ1) is 74.0. The van der Waals surface area contributed by atoms with Crippen molar-refractivity contribution in [1.29, 1.82) is 0 Å². The highest BCUT2D eigenvalue weighted by atomic mass is 32.2. The van der Waals surface area contributed by atoms with E-state index in [2.05, 4.69) is 126 Å². The summed E-state index contributed by atoms with van der Waals surface area (Å²) in [5.41, 5.74) is -1.08. The molecule has 25 heteroatoms. The predicted molar refractivity (Wildman–Crippen MR) is 372 cm³/mol. The molecule has 2 saturated heterocycles. The summed E-state index contributed by atoms with van der Waals surface area (Å²) in [6.45, 7) is 39.8. The fourth-order valence-electron chi connectivity index (χ4n) is 11.7. The second-order valence-electron chi connectivity index (χ2n) is 30.2. The molecular weight excluding hydrogens is 1280 g/mol. The van der Waals surface area contributed by atoms with Gasteiger partial charge in [0.05, 0.1) is 22.7 Å². The van der Waals surface area contributed by atoms with Gasteiger partial charge >= 0.3 is 12.2 Å². The molecule has 4 aliphatic heterocycles. The molecule has 0 aromatic heterocycles. The van der Waals surface area contributed by atoms with Crippen molar-refractivity contribution in [3.63, 3.8) is 0 Å². The molecule has 4 aliphatic rings. The second kappa shape index (κ2) is 26.7. The number of carbonyl (C=O) groups excluding carboxylic acids is 6. The van der Waals surface area contributed by atoms with Crippen LogP contribution < -0.4 is 10.6 Å². The summed E-state index contributed by atoms with van der Waals surface area (Å²) in [5.74, 6) is -3.08. The van der Waals surface area contributed by atoms with Crippen molar-refractivity contribution in [3.8, 4) is 0 Å². The van der Waals surface area contributed by atoms with Crippen LogP contribution in [0.15, 0.2) is 121 Å². The Morgan fingerprint density at radius 2 is 1.03 bits per heavy atom. The number of amides is 6. The number of amidine groups is 2. The number of hydrogen-bond acceptors (Lipinski definition) is 17. The first-order valence-electron chi connectivity index (χ1n) is 30.8. The topological polar surface area (TPSA) is 251 Å². The zero-order valence-electron chi connectivity index (χ0n) is 57.5. The number of ether oxygens (including phenoxy) is 2. The maximum Gasteiger partial charge on any atom is 0.418 e. The smallest absolute Gasteiger partial charge is 0.418 e. The summed E-state index contributed by atoms with van der Waals surface area (Å²) < 4.78 is 67.7. The molecule has 2 unspecified atom stereocenters. The Kier molecular flexibility index (Phi) is 21.2. The van der Waals surface area contributed by atoms with Gasteiger partial charge in [-0.3, -0.25) is 27.8 Å². The Hall–Kier alpha value is -6.41. The first-order valence-corrected chi connectivity index (χ1v) is 36.3. The van der Waals surface area contributed by atoms with E-state index in [4.69, 9.17) is 14.5 Å². The maximum absolute atomic E-state index is 14.7. The molecule has 506 valence electrons. The van der Waals surface area contributed by atoms with E-state index in [0.717, 1.165) is 36.8 Å². The van der Waals surface area contributed by atoms with Crippen LogP contribution in [0.5, 0.6) is 0 Å². The third kappa shape index (κ3) is 17.4. The minimum absolute atomic E-state index is 0.0196. The summed E-state index contributed by atoms with van der Waals surface area (Å²) in [7, 11) is -7.14. The van der Waals surface area contributed by atoms with Crippen molar-refractivity contribution in [2.45, 2.75) is 220 Å². The van der Waals surface area contributed by atoms with E-state index in [1.54, 1.807) is 71.7 Å². The summed E-state index contributed by atoms with van der Waals surface area (Å²) in [4.78, 5) is 94.8. The molecule has 0 bridgehead atoms. The summed E-state index contributed by atoms with van der Waals surface area (Å²) in [6, 6.07) is 22.0. The van der Waals surface area contributed by atoms with Gasteiger partial charge in [0.15, 0.2) is 35.0 Å². The van der Waals surface area contributed by atoms with Gasteiger partial charge in [0, 0.05) is 37.6 Å². The lowest BCUT2D eigenvalue weighted by atomic mass is 9.72. The van der Waals surface area contributed by atoms with Crippen molar-refractivity contribution in [2.24, 2.45) is 20.8 Å². The van der Waals surface area contributed by atoms with E-state index in [-0.39, 0.29) is 69.9 Å². The van der Waals surface area contributed by atoms with Crippen LogP contribution in [0.4, 0.5) is 32.3 Å². The summed E-state index contributed by atoms with van der Waals surface area (Å²) in [5, 5.41) is 5.86. The van der Waals surface area contributed by atoms with E-state index in [1.807, 2.05) is 30.3 Å². The van der Waals surface area contributed by atoms with Crippen LogP contribution in [0.2, 0.25) is 0 Å². The molecule has 20 nitrogen and oxygen atoms in total. The molecule has 4 aromatic carbocycles. The van der Waals surface area contributed by atoms with E-state index >= 15 is 0 Å². The standard InChI is InChI=1S/C35H48N4O6S3.C33H44N4O6S2/c1-32(2,3)22-17-18-25(47-34(7,8)9)24(21-22)37-29(40)27(39-30(41)35(10,11)45-31(39)42)28-36-23-15-12-13-16-26(23)48(43,44)38(28)19-14-20-46-33(4,5)6;1-30(2,3)19-31(4,5)20-32(6,7)44-23-17-13-11-15-21(23)35-27(38)25(37-28(39)33(8,9)43-29(37)40)26-34-22-16-12-14-18-24(22)45(41,42)36(26)10/h12-13,15-18,21,27H,14,19-20H2,1-11H3,(H,37,40);11-18,25H,19-20H2,1-10H3,(H,35,38). The number of sulfonamides is 2. The van der Waals surface area contributed by atoms with E-state index in [0.29, 0.717) is 33.3 Å². The lowest BCUT2D eigenvalue weighted by Gasteiger charge is -2.38. The van der Waals surface area contributed by atoms with Gasteiger partial charge in [0.2, 0.25) is 0 Å². The fourth-order valence-corrected chi connectivity index (χ4v) is 18.0. The average molecular weight is 1370 g/mol. The van der Waals surface area contributed by atoms with Crippen molar-refractivity contribution in [3.05, 3.63) is 96.6 Å². The molecule has 2 fully saturated rings. The molecule has 0 spiro atoms. The van der Waals surface area contributed by atoms with Crippen molar-refractivity contribution >= 4 is 126 Å². The number of thioether (sulfide) groups is 3. The predicted octanol–water partition coefficient (Wildman–Crippen LogP) is 14.4. The minimum atomic E-state index is -4.23. The number of benzene rings is 4. The number of hydrogen-bond donors (Lipinski definition) is 2. The fraction of sp³-hybridized carbons (Fsp3) is 0.529. The zero-order chi connectivity index (χ0) is 69.8. The van der Waals surface area contributed by atoms with Crippen molar-refractivity contribution in [2.75, 3.05) is 30.0 Å². The van der Waals surface area contributed by atoms with Gasteiger partial charge in [-0.1, -0.05) is 153 Å². The summed E-state index contributed by atoms with van der Waals surface area (Å²) >= 11 is 4.84. The van der Waals surface area contributed by atoms with Crippen LogP contribution in [0.3, 0.4) is 0 Å². The monoisotopic (exact) mass is 1370 g/mol. The van der Waals surface area contributed by atoms with Crippen LogP contribution in [-0.4, -0.2) is 140 Å². The normalized spacial score (nSPS) is 18.5. The minimum Gasteiger partial charge on any atom is -0.433 e. The van der Waals surface area contributed by atoms with E-state index < -0.39 is 79.1 Å². The highest BCUT2D eigenvalue weighted by Crippen LogP contribution is 2.48. The van der Waals surface area contributed by atoms with Crippen molar-refractivity contribution < 1.29 is 55.1 Å². The quantitative estimate of drug-likeness (QED) is 0.0694. The van der Waals surface area contributed by atoms with Gasteiger partial charge in [0.25, 0.3) is 43.7 Å². The van der Waals surface area contributed by atoms with Crippen LogP contribution >= 0.6 is 35.3 Å². The number of likely N-dealkylation sites (N-methyl/N-ethyl adjacent to an activating group) is 1. The van der Waals surface area contributed by atoms with Crippen LogP contribution in [0.1, 0.15) is 163 Å². The number of rotatable bonds is 18. The largest absolute Gasteiger partial charge is 0.433 e. The number of imide groups is 2. The van der Waals surface area contributed by atoms with E-state index in [1.165, 1.54) is 59.0 Å². The third-order valence-electron chi connectivity index (χ3n) is 15.0. The molecule has 93 heavy (non-hydrogen) atoms. The molecule has 0 saturated carbocycles. The van der Waals surface area contributed by atoms with Gasteiger partial charge in [-0.2, -0.15) is 11.8 Å². The molecular formula is C68H92N8O12S5. The SMILES string of the molecule is CC(C)(C)SCCCN1C(C(C(=O)Nc2cc(C(C)(C)C)ccc2SC(C)(C)C)N2C(=O)OC(C)(C)C2=O)=Nc2ccccc2S1(=O)=O.CN1C(C(C(=O)Nc2ccccc2SC(C)(C)CC(C)(C)CC(C)(C)C)N2C(=O)OC(C)(C)C2=O)=Nc2ccccc2S1(=O)=O. The summed E-state index contributed by atoms with van der Waals surface area (Å²) in [6.07, 6.45) is 0.236. The Morgan fingerprint density at radius 1 is 0.570 bits per heavy atom. The first-order chi connectivity index (χ1) is 42.5. The number of para-hydroxylation sites is 3. The molecule has 6 amide bonds. The number of nitrogens with one attached hydrogen (secondary N) is 2. The number of carbonyl (C=O) groups is 6. The average Bonchev–Trinajstić information content (AvgIpc) is 0.935. The third-order valence-corrected chi connectivity index (χ3v) is 22.5. The second-order valence-corrected chi connectivity index (χ2v) is 39.5. The lowest BCUT2D eigenvalue weighted by molar-refractivity contribution is -0.137. The van der Waals surface area contributed by atoms with Gasteiger partial charge in [-0.15, -0.1) is 23.5 Å². The Bertz CT molecular complexity index is 3890. The molecule has 2 atom stereocenters. The van der Waals surface area contributed by atoms with Gasteiger partial charge < -0.3 is 20.1 Å². The highest BCUT2D eigenvalue weighted by molar-refractivity contribution is 8.01. The molecule has 2 N–H and O–H groups in total. The lowest BCUT2D eigenvalue weighted by Crippen LogP contribution is -2.59. The molecule has 8 rings (SSSR count). The number of cyclic esters (lactones) is 2. The molecule has 0 radical (unpaired) electrons. The molecule has 4 aromatic rings. The Balaban J connectivity index is 0.000000264. The van der Waals surface area contributed by atoms with Gasteiger partial charge in [0.1, 0.15) is 9.79 Å². The highest BCUT2D eigenvalue weighted by Gasteiger charge is 2.57. The molecule has 0 aliphatic carbocycles. The number of fused-ring (bicyclic) bond motifs is 2. The van der Waals surface area contributed by atoms with E-state index in [9.17, 15) is 45.6 Å². The maximum atomic E-state index is 14.7. The number of anilines is 2. The zero-order valence-corrected chi connectivity index (χ0v) is 61.6. The van der Waals surface area contributed by atoms with Crippen LogP contribution in [0, 0.1) is 10.8 Å². The number of nitrogens with zero attached hydrogens (tertiary/aromatic N) is 6. The van der Waals surface area contributed by atoms with Crippen LogP contribution in [0.25, 0.3) is 0 Å². The van der Waals surface area contributed by atoms with Gasteiger partial charge in [-0.05, 0) is 123 Å². The van der Waals surface area contributed by atoms with Crippen molar-refractivity contribution in [1.82, 2.24) is 18.4 Å². The Labute approximate surface area is 563 Å². The molecule has 4 heterocycles. The van der Waals surface area contributed by atoms with Crippen LogP contribution in [-0.2, 0) is 54.1 Å². The van der Waals surface area contributed by atoms with Gasteiger partial charge in [-0.25, -0.2) is 46.2 Å². The Morgan fingerprint density at radius 3 is 1.52 bits per heavy atom.